The molecule has 1 aromatic carbocycles. The minimum absolute atomic E-state index is 0.229. The number of hydrogen-bond acceptors (Lipinski definition) is 4. The van der Waals surface area contributed by atoms with E-state index >= 15 is 0 Å². The zero-order chi connectivity index (χ0) is 14.1. The fraction of sp³-hybridized carbons (Fsp3) is 0.200. The minimum Gasteiger partial charge on any atom is -0.296 e. The monoisotopic (exact) mass is 268 g/mol. The Kier molecular flexibility index (Phi) is 3.02. The zero-order valence-corrected chi connectivity index (χ0v) is 10.6. The number of nitrogens with zero attached hydrogens (tertiary/aromatic N) is 1. The first-order chi connectivity index (χ1) is 9.69. The van der Waals surface area contributed by atoms with Gasteiger partial charge in [0.05, 0.1) is 5.92 Å². The van der Waals surface area contributed by atoms with Gasteiger partial charge >= 0.3 is 0 Å². The Balaban J connectivity index is 2.09. The maximum Gasteiger partial charge on any atom is 0.234 e. The highest BCUT2D eigenvalue weighted by Gasteiger charge is 2.28. The average Bonchev–Trinajstić information content (AvgIpc) is 2.46. The molecule has 0 spiro atoms. The van der Waals surface area contributed by atoms with Gasteiger partial charge in [0.25, 0.3) is 0 Å². The number of amides is 2. The van der Waals surface area contributed by atoms with Crippen LogP contribution in [0.15, 0.2) is 30.5 Å². The van der Waals surface area contributed by atoms with Crippen LogP contribution in [0, 0.1) is 0 Å². The van der Waals surface area contributed by atoms with E-state index < -0.39 is 0 Å². The number of carbonyl (C=O) groups is 3. The van der Waals surface area contributed by atoms with Crippen molar-refractivity contribution in [1.82, 2.24) is 10.3 Å². The SMILES string of the molecule is O=Cc1cc2cccc(C3CCC(=O)NC3=O)c2cn1. The third-order valence-electron chi connectivity index (χ3n) is 3.56. The van der Waals surface area contributed by atoms with Gasteiger partial charge < -0.3 is 0 Å². The number of hydrogen-bond donors (Lipinski definition) is 1. The Bertz CT molecular complexity index is 724. The molecule has 0 radical (unpaired) electrons. The van der Waals surface area contributed by atoms with E-state index in [1.54, 1.807) is 12.3 Å². The number of fused-ring (bicyclic) bond motifs is 1. The lowest BCUT2D eigenvalue weighted by Gasteiger charge is -2.22. The largest absolute Gasteiger partial charge is 0.296 e. The van der Waals surface area contributed by atoms with E-state index in [9.17, 15) is 14.4 Å². The second-order valence-corrected chi connectivity index (χ2v) is 4.80. The van der Waals surface area contributed by atoms with Crippen LogP contribution in [0.5, 0.6) is 0 Å². The molecule has 1 atom stereocenters. The molecule has 2 heterocycles. The normalized spacial score (nSPS) is 18.9. The number of aromatic nitrogens is 1. The second kappa shape index (κ2) is 4.85. The Morgan fingerprint density at radius 3 is 2.90 bits per heavy atom. The summed E-state index contributed by atoms with van der Waals surface area (Å²) in [5.41, 5.74) is 1.20. The molecule has 3 rings (SSSR count). The Morgan fingerprint density at radius 1 is 1.30 bits per heavy atom. The van der Waals surface area contributed by atoms with Crippen LogP contribution in [0.4, 0.5) is 0 Å². The van der Waals surface area contributed by atoms with Crippen LogP contribution in [-0.2, 0) is 9.59 Å². The van der Waals surface area contributed by atoms with Gasteiger partial charge in [0.1, 0.15) is 5.69 Å². The lowest BCUT2D eigenvalue weighted by molar-refractivity contribution is -0.134. The molecule has 1 aromatic heterocycles. The van der Waals surface area contributed by atoms with E-state index in [1.807, 2.05) is 18.2 Å². The molecule has 1 saturated heterocycles. The maximum atomic E-state index is 12.0. The summed E-state index contributed by atoms with van der Waals surface area (Å²) in [5, 5.41) is 4.07. The summed E-state index contributed by atoms with van der Waals surface area (Å²) in [4.78, 5) is 38.0. The Hall–Kier alpha value is -2.56. The van der Waals surface area contributed by atoms with E-state index in [0.29, 0.717) is 24.8 Å². The van der Waals surface area contributed by atoms with Crippen LogP contribution in [-0.4, -0.2) is 23.1 Å². The number of rotatable bonds is 2. The highest BCUT2D eigenvalue weighted by Crippen LogP contribution is 2.30. The first-order valence-corrected chi connectivity index (χ1v) is 6.36. The topological polar surface area (TPSA) is 76.1 Å². The van der Waals surface area contributed by atoms with Crippen molar-refractivity contribution in [2.24, 2.45) is 0 Å². The molecule has 1 aliphatic heterocycles. The van der Waals surface area contributed by atoms with Crippen LogP contribution in [0.25, 0.3) is 10.8 Å². The maximum absolute atomic E-state index is 12.0. The summed E-state index contributed by atoms with van der Waals surface area (Å²) in [7, 11) is 0. The van der Waals surface area contributed by atoms with Crippen molar-refractivity contribution in [1.29, 1.82) is 0 Å². The highest BCUT2D eigenvalue weighted by molar-refractivity contribution is 6.03. The van der Waals surface area contributed by atoms with E-state index in [2.05, 4.69) is 10.3 Å². The van der Waals surface area contributed by atoms with Gasteiger partial charge in [0, 0.05) is 18.0 Å². The quantitative estimate of drug-likeness (QED) is 0.662. The van der Waals surface area contributed by atoms with Crippen LogP contribution in [0.2, 0.25) is 0 Å². The van der Waals surface area contributed by atoms with Gasteiger partial charge in [0.15, 0.2) is 6.29 Å². The van der Waals surface area contributed by atoms with Gasteiger partial charge in [-0.25, -0.2) is 0 Å². The number of carbonyl (C=O) groups excluding carboxylic acids is 3. The third-order valence-corrected chi connectivity index (χ3v) is 3.56. The van der Waals surface area contributed by atoms with E-state index in [0.717, 1.165) is 16.3 Å². The molecule has 1 fully saturated rings. The molecule has 2 amide bonds. The smallest absolute Gasteiger partial charge is 0.234 e. The molecule has 100 valence electrons. The van der Waals surface area contributed by atoms with Crippen molar-refractivity contribution in [3.63, 3.8) is 0 Å². The predicted octanol–water partition coefficient (Wildman–Crippen LogP) is 1.57. The minimum atomic E-state index is -0.347. The predicted molar refractivity (Wildman–Crippen MR) is 72.3 cm³/mol. The first-order valence-electron chi connectivity index (χ1n) is 6.36. The molecule has 5 nitrogen and oxygen atoms in total. The van der Waals surface area contributed by atoms with E-state index in [-0.39, 0.29) is 17.7 Å². The summed E-state index contributed by atoms with van der Waals surface area (Å²) in [6.45, 7) is 0. The summed E-state index contributed by atoms with van der Waals surface area (Å²) in [5.74, 6) is -0.846. The molecule has 0 bridgehead atoms. The lowest BCUT2D eigenvalue weighted by atomic mass is 9.88. The molecule has 1 N–H and O–H groups in total. The average molecular weight is 268 g/mol. The highest BCUT2D eigenvalue weighted by atomic mass is 16.2. The van der Waals surface area contributed by atoms with Crippen LogP contribution < -0.4 is 5.32 Å². The van der Waals surface area contributed by atoms with Gasteiger partial charge in [-0.1, -0.05) is 18.2 Å². The van der Waals surface area contributed by atoms with Crippen molar-refractivity contribution in [2.45, 2.75) is 18.8 Å². The number of imide groups is 1. The van der Waals surface area contributed by atoms with Crippen LogP contribution in [0.1, 0.15) is 34.8 Å². The van der Waals surface area contributed by atoms with E-state index in [1.165, 1.54) is 0 Å². The van der Waals surface area contributed by atoms with Crippen molar-refractivity contribution >= 4 is 28.9 Å². The van der Waals surface area contributed by atoms with Gasteiger partial charge in [-0.2, -0.15) is 0 Å². The fourth-order valence-corrected chi connectivity index (χ4v) is 2.57. The summed E-state index contributed by atoms with van der Waals surface area (Å²) in [6.07, 6.45) is 3.14. The lowest BCUT2D eigenvalue weighted by Crippen LogP contribution is -2.39. The van der Waals surface area contributed by atoms with Crippen molar-refractivity contribution in [2.75, 3.05) is 0 Å². The van der Waals surface area contributed by atoms with Gasteiger partial charge in [-0.05, 0) is 23.4 Å². The van der Waals surface area contributed by atoms with Crippen molar-refractivity contribution in [3.8, 4) is 0 Å². The second-order valence-electron chi connectivity index (χ2n) is 4.80. The summed E-state index contributed by atoms with van der Waals surface area (Å²) >= 11 is 0. The van der Waals surface area contributed by atoms with Crippen LogP contribution >= 0.6 is 0 Å². The van der Waals surface area contributed by atoms with Crippen molar-refractivity contribution in [3.05, 3.63) is 41.7 Å². The number of nitrogens with one attached hydrogen (secondary N) is 1. The molecular formula is C15H12N2O3. The molecule has 20 heavy (non-hydrogen) atoms. The number of pyridine rings is 1. The first kappa shape index (κ1) is 12.5. The molecule has 1 aliphatic rings. The summed E-state index contributed by atoms with van der Waals surface area (Å²) < 4.78 is 0. The zero-order valence-electron chi connectivity index (χ0n) is 10.6. The number of benzene rings is 1. The summed E-state index contributed by atoms with van der Waals surface area (Å²) in [6, 6.07) is 7.28. The van der Waals surface area contributed by atoms with Gasteiger partial charge in [-0.3, -0.25) is 24.7 Å². The molecule has 5 heteroatoms. The number of piperidine rings is 1. The molecule has 1 unspecified atom stereocenters. The van der Waals surface area contributed by atoms with E-state index in [4.69, 9.17) is 0 Å². The Morgan fingerprint density at radius 2 is 2.15 bits per heavy atom. The van der Waals surface area contributed by atoms with Gasteiger partial charge in [0.2, 0.25) is 11.8 Å². The standard InChI is InChI=1S/C15H12N2O3/c18-8-10-6-9-2-1-3-11(13(9)7-16-10)12-4-5-14(19)17-15(12)20/h1-3,6-8,12H,4-5H2,(H,17,19,20). The van der Waals surface area contributed by atoms with Gasteiger partial charge in [-0.15, -0.1) is 0 Å². The Labute approximate surface area is 115 Å². The molecule has 0 aliphatic carbocycles. The molecular weight excluding hydrogens is 256 g/mol. The van der Waals surface area contributed by atoms with Crippen molar-refractivity contribution < 1.29 is 14.4 Å². The fourth-order valence-electron chi connectivity index (χ4n) is 2.57. The molecule has 0 saturated carbocycles. The third kappa shape index (κ3) is 2.07. The van der Waals surface area contributed by atoms with Crippen LogP contribution in [0.3, 0.4) is 0 Å². The number of aldehydes is 1. The molecule has 2 aromatic rings.